The molecule has 0 heterocycles. The lowest BCUT2D eigenvalue weighted by molar-refractivity contribution is -0.123. The van der Waals surface area contributed by atoms with Gasteiger partial charge in [0, 0.05) is 6.42 Å². The van der Waals surface area contributed by atoms with Crippen molar-refractivity contribution in [3.63, 3.8) is 0 Å². The van der Waals surface area contributed by atoms with Gasteiger partial charge in [-0.05, 0) is 57.8 Å². The van der Waals surface area contributed by atoms with E-state index in [0.29, 0.717) is 12.8 Å². The van der Waals surface area contributed by atoms with E-state index in [0.717, 1.165) is 57.8 Å². The van der Waals surface area contributed by atoms with Crippen molar-refractivity contribution >= 4 is 5.91 Å². The SMILES string of the molecule is CC/C=C\C/C=C\C/C=C\C/C=C\C/C=C\CCCCCCCCCCCCCC(=O)NC(CO)C(O)CCCCCCCCCCCCCCCCCCCCCCCCCCCCCC. The maximum absolute atomic E-state index is 12.5. The van der Waals surface area contributed by atoms with Crippen LogP contribution in [0.3, 0.4) is 0 Å². The lowest BCUT2D eigenvalue weighted by atomic mass is 10.0. The molecule has 2 atom stereocenters. The van der Waals surface area contributed by atoms with Gasteiger partial charge in [-0.1, -0.05) is 312 Å². The van der Waals surface area contributed by atoms with Crippen LogP contribution in [0, 0.1) is 0 Å². The van der Waals surface area contributed by atoms with Crippen LogP contribution < -0.4 is 5.32 Å². The van der Waals surface area contributed by atoms with Gasteiger partial charge in [0.05, 0.1) is 18.8 Å². The third-order valence-electron chi connectivity index (χ3n) is 13.8. The smallest absolute Gasteiger partial charge is 0.220 e. The number of amides is 1. The molecule has 0 aliphatic carbocycles. The molecule has 0 fully saturated rings. The zero-order valence-corrected chi connectivity index (χ0v) is 45.2. The fourth-order valence-electron chi connectivity index (χ4n) is 9.27. The van der Waals surface area contributed by atoms with E-state index in [1.807, 2.05) is 0 Å². The summed E-state index contributed by atoms with van der Waals surface area (Å²) in [5.41, 5.74) is 0. The van der Waals surface area contributed by atoms with Crippen molar-refractivity contribution in [2.24, 2.45) is 0 Å². The van der Waals surface area contributed by atoms with Crippen molar-refractivity contribution in [1.29, 1.82) is 0 Å². The highest BCUT2D eigenvalue weighted by Crippen LogP contribution is 2.18. The standard InChI is InChI=1S/C63H117NO3/c1-3-5-7-9-11-13-15-17-19-21-23-25-27-29-31-33-34-36-38-40-42-44-46-48-50-52-54-56-58-62(66)61(60-65)64-63(67)59-57-55-53-51-49-47-45-43-41-39-37-35-32-30-28-26-24-22-20-18-16-14-12-10-8-6-4-2/h6,8,12,14,18,20,24,26,30,32,61-62,65-66H,3-5,7,9-11,13,15-17,19,21-23,25,27-29,31,33-60H2,1-2H3,(H,64,67)/b8-6-,14-12-,20-18-,26-24-,32-30-. The van der Waals surface area contributed by atoms with E-state index in [2.05, 4.69) is 79.9 Å². The van der Waals surface area contributed by atoms with Crippen LogP contribution in [0.25, 0.3) is 0 Å². The van der Waals surface area contributed by atoms with E-state index in [1.165, 1.54) is 231 Å². The number of hydrogen-bond donors (Lipinski definition) is 3. The van der Waals surface area contributed by atoms with E-state index in [4.69, 9.17) is 0 Å². The number of aliphatic hydroxyl groups is 2. The summed E-state index contributed by atoms with van der Waals surface area (Å²) in [4.78, 5) is 12.5. The molecule has 0 radical (unpaired) electrons. The van der Waals surface area contributed by atoms with Gasteiger partial charge in [0.25, 0.3) is 0 Å². The summed E-state index contributed by atoms with van der Waals surface area (Å²) in [6.07, 6.45) is 82.2. The van der Waals surface area contributed by atoms with E-state index >= 15 is 0 Å². The Morgan fingerprint density at radius 3 is 0.985 bits per heavy atom. The number of unbranched alkanes of at least 4 members (excludes halogenated alkanes) is 38. The fraction of sp³-hybridized carbons (Fsp3) is 0.825. The van der Waals surface area contributed by atoms with Crippen LogP contribution in [0.1, 0.15) is 316 Å². The number of rotatable bonds is 55. The Labute approximate surface area is 419 Å². The predicted molar refractivity (Wildman–Crippen MR) is 299 cm³/mol. The minimum absolute atomic E-state index is 0.0325. The first kappa shape index (κ1) is 65.1. The number of hydrogen-bond acceptors (Lipinski definition) is 3. The van der Waals surface area contributed by atoms with Gasteiger partial charge in [-0.15, -0.1) is 0 Å². The highest BCUT2D eigenvalue weighted by molar-refractivity contribution is 5.76. The molecule has 0 rings (SSSR count). The van der Waals surface area contributed by atoms with Crippen molar-refractivity contribution in [3.05, 3.63) is 60.8 Å². The van der Waals surface area contributed by atoms with E-state index in [-0.39, 0.29) is 12.5 Å². The number of nitrogens with one attached hydrogen (secondary N) is 1. The first-order valence-corrected chi connectivity index (χ1v) is 30.0. The monoisotopic (exact) mass is 936 g/mol. The third-order valence-corrected chi connectivity index (χ3v) is 13.8. The zero-order valence-electron chi connectivity index (χ0n) is 45.2. The van der Waals surface area contributed by atoms with Gasteiger partial charge in [-0.25, -0.2) is 0 Å². The molecule has 0 spiro atoms. The molecule has 0 aliphatic heterocycles. The summed E-state index contributed by atoms with van der Waals surface area (Å²) in [5, 5.41) is 23.4. The molecule has 0 saturated carbocycles. The third kappa shape index (κ3) is 54.9. The molecule has 0 aromatic rings. The average Bonchev–Trinajstić information content (AvgIpc) is 3.33. The molecule has 0 aliphatic rings. The Balaban J connectivity index is 3.46. The van der Waals surface area contributed by atoms with Crippen LogP contribution in [-0.2, 0) is 4.79 Å². The molecule has 392 valence electrons. The topological polar surface area (TPSA) is 69.6 Å². The van der Waals surface area contributed by atoms with Crippen LogP contribution >= 0.6 is 0 Å². The van der Waals surface area contributed by atoms with Gasteiger partial charge < -0.3 is 15.5 Å². The molecule has 0 aromatic carbocycles. The van der Waals surface area contributed by atoms with Crippen molar-refractivity contribution in [1.82, 2.24) is 5.32 Å². The first-order chi connectivity index (χ1) is 33.2. The first-order valence-electron chi connectivity index (χ1n) is 30.0. The average molecular weight is 937 g/mol. The molecular weight excluding hydrogens is 819 g/mol. The van der Waals surface area contributed by atoms with Gasteiger partial charge >= 0.3 is 0 Å². The normalized spacial score (nSPS) is 13.2. The second kappa shape index (κ2) is 58.4. The molecule has 4 heteroatoms. The van der Waals surface area contributed by atoms with E-state index in [1.54, 1.807) is 0 Å². The highest BCUT2D eigenvalue weighted by Gasteiger charge is 2.20. The quantitative estimate of drug-likeness (QED) is 0.0420. The minimum atomic E-state index is -0.665. The highest BCUT2D eigenvalue weighted by atomic mass is 16.3. The Hall–Kier alpha value is -1.91. The number of aliphatic hydroxyl groups excluding tert-OH is 2. The minimum Gasteiger partial charge on any atom is -0.394 e. The largest absolute Gasteiger partial charge is 0.394 e. The molecule has 0 aromatic heterocycles. The van der Waals surface area contributed by atoms with Crippen LogP contribution in [0.5, 0.6) is 0 Å². The van der Waals surface area contributed by atoms with Crippen LogP contribution in [0.4, 0.5) is 0 Å². The summed E-state index contributed by atoms with van der Waals surface area (Å²) in [7, 11) is 0. The lowest BCUT2D eigenvalue weighted by Gasteiger charge is -2.22. The van der Waals surface area contributed by atoms with Crippen molar-refractivity contribution in [2.75, 3.05) is 6.61 Å². The number of carbonyl (C=O) groups is 1. The second-order valence-corrected chi connectivity index (χ2v) is 20.4. The Bertz CT molecular complexity index is 1110. The number of carbonyl (C=O) groups excluding carboxylic acids is 1. The van der Waals surface area contributed by atoms with Gasteiger partial charge in [-0.2, -0.15) is 0 Å². The lowest BCUT2D eigenvalue weighted by Crippen LogP contribution is -2.45. The van der Waals surface area contributed by atoms with Crippen LogP contribution in [-0.4, -0.2) is 34.9 Å². The molecule has 67 heavy (non-hydrogen) atoms. The van der Waals surface area contributed by atoms with Crippen molar-refractivity contribution < 1.29 is 15.0 Å². The molecule has 0 bridgehead atoms. The van der Waals surface area contributed by atoms with Gasteiger partial charge in [0.2, 0.25) is 5.91 Å². The summed E-state index contributed by atoms with van der Waals surface area (Å²) in [6.45, 7) is 4.27. The Morgan fingerprint density at radius 2 is 0.657 bits per heavy atom. The molecule has 0 saturated heterocycles. The maximum atomic E-state index is 12.5. The Kier molecular flexibility index (Phi) is 56.7. The van der Waals surface area contributed by atoms with Crippen molar-refractivity contribution in [2.45, 2.75) is 328 Å². The maximum Gasteiger partial charge on any atom is 0.220 e. The van der Waals surface area contributed by atoms with Gasteiger partial charge in [-0.3, -0.25) is 4.79 Å². The second-order valence-electron chi connectivity index (χ2n) is 20.4. The number of allylic oxidation sites excluding steroid dienone is 10. The molecule has 4 nitrogen and oxygen atoms in total. The summed E-state index contributed by atoms with van der Waals surface area (Å²) < 4.78 is 0. The summed E-state index contributed by atoms with van der Waals surface area (Å²) >= 11 is 0. The summed E-state index contributed by atoms with van der Waals surface area (Å²) in [5.74, 6) is -0.0325. The van der Waals surface area contributed by atoms with Gasteiger partial charge in [0.1, 0.15) is 0 Å². The van der Waals surface area contributed by atoms with Crippen LogP contribution in [0.2, 0.25) is 0 Å². The van der Waals surface area contributed by atoms with E-state index in [9.17, 15) is 15.0 Å². The fourth-order valence-corrected chi connectivity index (χ4v) is 9.27. The zero-order chi connectivity index (χ0) is 48.5. The predicted octanol–water partition coefficient (Wildman–Crippen LogP) is 20.0. The molecule has 1 amide bonds. The van der Waals surface area contributed by atoms with Crippen molar-refractivity contribution in [3.8, 4) is 0 Å². The van der Waals surface area contributed by atoms with Gasteiger partial charge in [0.15, 0.2) is 0 Å². The molecule has 3 N–H and O–H groups in total. The molecule has 2 unspecified atom stereocenters. The molecular formula is C63H117NO3. The van der Waals surface area contributed by atoms with Crippen LogP contribution in [0.15, 0.2) is 60.8 Å². The van der Waals surface area contributed by atoms with E-state index < -0.39 is 12.1 Å². The summed E-state index contributed by atoms with van der Waals surface area (Å²) in [6, 6.07) is -0.542. The Morgan fingerprint density at radius 1 is 0.373 bits per heavy atom.